The van der Waals surface area contributed by atoms with Gasteiger partial charge in [0, 0.05) is 4.90 Å². The maximum Gasteiger partial charge on any atom is 0.0740 e. The fraction of sp³-hybridized carbons (Fsp3) is 0.125. The number of rotatable bonds is 2. The first-order valence-corrected chi connectivity index (χ1v) is 4.72. The molecule has 11 heavy (non-hydrogen) atoms. The minimum Gasteiger partial charge on any atom is -0.195 e. The maximum absolute atomic E-state index is 4.47. The van der Waals surface area contributed by atoms with Gasteiger partial charge in [0.1, 0.15) is 0 Å². The number of nitrogens with zero attached hydrogens (tertiary/aromatic N) is 1. The first-order valence-electron chi connectivity index (χ1n) is 3.09. The van der Waals surface area contributed by atoms with E-state index in [0.717, 1.165) is 5.69 Å². The van der Waals surface area contributed by atoms with Crippen LogP contribution in [-0.2, 0) is 0 Å². The Kier molecular flexibility index (Phi) is 3.30. The van der Waals surface area contributed by atoms with Gasteiger partial charge in [0.25, 0.3) is 0 Å². The van der Waals surface area contributed by atoms with Crippen LogP contribution in [0.3, 0.4) is 0 Å². The van der Waals surface area contributed by atoms with Crippen molar-refractivity contribution < 1.29 is 0 Å². The number of thiocarbonyl (C=S) groups is 1. The first kappa shape index (κ1) is 8.47. The molecule has 0 unspecified atom stereocenters. The van der Waals surface area contributed by atoms with Gasteiger partial charge >= 0.3 is 0 Å². The summed E-state index contributed by atoms with van der Waals surface area (Å²) in [7, 11) is 0. The van der Waals surface area contributed by atoms with Crippen molar-refractivity contribution in [2.75, 3.05) is 6.26 Å². The van der Waals surface area contributed by atoms with E-state index in [1.54, 1.807) is 11.8 Å². The van der Waals surface area contributed by atoms with Crippen LogP contribution < -0.4 is 0 Å². The molecule has 1 aromatic rings. The van der Waals surface area contributed by atoms with Gasteiger partial charge in [0.05, 0.1) is 10.8 Å². The average molecular weight is 181 g/mol. The molecule has 0 aliphatic carbocycles. The van der Waals surface area contributed by atoms with Gasteiger partial charge in [-0.3, -0.25) is 0 Å². The third kappa shape index (κ3) is 2.46. The molecule has 0 saturated heterocycles. The Morgan fingerprint density at radius 3 is 2.45 bits per heavy atom. The van der Waals surface area contributed by atoms with Gasteiger partial charge < -0.3 is 0 Å². The second kappa shape index (κ2) is 4.29. The van der Waals surface area contributed by atoms with Gasteiger partial charge in [0.2, 0.25) is 0 Å². The van der Waals surface area contributed by atoms with Gasteiger partial charge in [-0.15, -0.1) is 11.8 Å². The fourth-order valence-corrected chi connectivity index (χ4v) is 1.22. The Bertz CT molecular complexity index is 273. The van der Waals surface area contributed by atoms with E-state index in [4.69, 9.17) is 0 Å². The van der Waals surface area contributed by atoms with Crippen molar-refractivity contribution in [1.29, 1.82) is 0 Å². The van der Waals surface area contributed by atoms with Crippen LogP contribution in [0.25, 0.3) is 0 Å². The largest absolute Gasteiger partial charge is 0.195 e. The molecular weight excluding hydrogens is 174 g/mol. The van der Waals surface area contributed by atoms with Crippen LogP contribution in [0, 0.1) is 0 Å². The maximum atomic E-state index is 4.47. The highest BCUT2D eigenvalue weighted by Gasteiger charge is 1.88. The molecule has 0 bridgehead atoms. The summed E-state index contributed by atoms with van der Waals surface area (Å²) >= 11 is 6.18. The summed E-state index contributed by atoms with van der Waals surface area (Å²) < 4.78 is 0. The normalized spacial score (nSPS) is 8.82. The molecule has 1 rings (SSSR count). The zero-order valence-electron chi connectivity index (χ0n) is 6.07. The summed E-state index contributed by atoms with van der Waals surface area (Å²) in [6.07, 6.45) is 2.04. The van der Waals surface area contributed by atoms with Crippen molar-refractivity contribution in [3.05, 3.63) is 24.3 Å². The topological polar surface area (TPSA) is 12.4 Å². The van der Waals surface area contributed by atoms with Crippen molar-refractivity contribution >= 4 is 34.8 Å². The Labute approximate surface area is 75.5 Å². The molecule has 56 valence electrons. The van der Waals surface area contributed by atoms with Crippen LogP contribution in [0.1, 0.15) is 0 Å². The van der Waals surface area contributed by atoms with Crippen LogP contribution in [0.2, 0.25) is 0 Å². The van der Waals surface area contributed by atoms with Crippen molar-refractivity contribution in [3.63, 3.8) is 0 Å². The van der Waals surface area contributed by atoms with Crippen LogP contribution >= 0.6 is 24.0 Å². The summed E-state index contributed by atoms with van der Waals surface area (Å²) in [6, 6.07) is 7.86. The summed E-state index contributed by atoms with van der Waals surface area (Å²) in [6.45, 7) is 0. The summed E-state index contributed by atoms with van der Waals surface area (Å²) in [4.78, 5) is 5.07. The van der Waals surface area contributed by atoms with Crippen molar-refractivity contribution in [3.8, 4) is 0 Å². The van der Waals surface area contributed by atoms with Crippen LogP contribution in [0.4, 0.5) is 5.69 Å². The molecule has 0 atom stereocenters. The molecule has 1 nitrogen and oxygen atoms in total. The lowest BCUT2D eigenvalue weighted by molar-refractivity contribution is 1.43. The van der Waals surface area contributed by atoms with E-state index >= 15 is 0 Å². The van der Waals surface area contributed by atoms with Crippen molar-refractivity contribution in [2.24, 2.45) is 4.99 Å². The number of thioether (sulfide) groups is 1. The number of benzene rings is 1. The number of aliphatic imine (C=N–C) groups is 1. The minimum atomic E-state index is 0.859. The van der Waals surface area contributed by atoms with Gasteiger partial charge in [0.15, 0.2) is 0 Å². The second-order valence-electron chi connectivity index (χ2n) is 1.90. The molecule has 0 spiro atoms. The van der Waals surface area contributed by atoms with E-state index < -0.39 is 0 Å². The first-order chi connectivity index (χ1) is 5.36. The third-order valence-electron chi connectivity index (χ3n) is 1.25. The number of hydrogen-bond acceptors (Lipinski definition) is 3. The lowest BCUT2D eigenvalue weighted by atomic mass is 10.3. The molecule has 0 amide bonds. The Morgan fingerprint density at radius 1 is 1.36 bits per heavy atom. The monoisotopic (exact) mass is 181 g/mol. The molecule has 0 saturated carbocycles. The summed E-state index contributed by atoms with van der Waals surface area (Å²) in [5.41, 5.74) is 0.859. The van der Waals surface area contributed by atoms with E-state index in [0.29, 0.717) is 0 Å². The quantitative estimate of drug-likeness (QED) is 0.395. The minimum absolute atomic E-state index is 0.859. The predicted molar refractivity (Wildman–Crippen MR) is 52.9 cm³/mol. The van der Waals surface area contributed by atoms with Crippen LogP contribution in [0.5, 0.6) is 0 Å². The second-order valence-corrected chi connectivity index (χ2v) is 2.96. The van der Waals surface area contributed by atoms with Crippen LogP contribution in [0.15, 0.2) is 34.2 Å². The molecular formula is C8H7NS2. The van der Waals surface area contributed by atoms with Crippen molar-refractivity contribution in [2.45, 2.75) is 4.90 Å². The Hall–Kier alpha value is -0.630. The van der Waals surface area contributed by atoms with E-state index in [1.807, 2.05) is 30.5 Å². The highest BCUT2D eigenvalue weighted by Crippen LogP contribution is 2.18. The lowest BCUT2D eigenvalue weighted by Gasteiger charge is -1.93. The summed E-state index contributed by atoms with van der Waals surface area (Å²) in [5.74, 6) is 0. The highest BCUT2D eigenvalue weighted by atomic mass is 32.2. The van der Waals surface area contributed by atoms with Gasteiger partial charge in [-0.1, -0.05) is 0 Å². The Balaban J connectivity index is 2.91. The molecule has 0 aliphatic rings. The molecule has 1 aromatic carbocycles. The third-order valence-corrected chi connectivity index (χ3v) is 2.08. The van der Waals surface area contributed by atoms with E-state index in [9.17, 15) is 0 Å². The zero-order chi connectivity index (χ0) is 8.10. The van der Waals surface area contributed by atoms with Gasteiger partial charge in [-0.05, 0) is 42.7 Å². The van der Waals surface area contributed by atoms with Crippen molar-refractivity contribution in [1.82, 2.24) is 0 Å². The standard InChI is InChI=1S/C8H7NS2/c1-11-8-4-2-7(3-5-8)9-6-10/h2-5H,1H3. The molecule has 0 radical (unpaired) electrons. The predicted octanol–water partition coefficient (Wildman–Crippen LogP) is 3.14. The van der Waals surface area contributed by atoms with Gasteiger partial charge in [-0.2, -0.15) is 4.99 Å². The average Bonchev–Trinajstić information content (AvgIpc) is 2.07. The number of isothiocyanates is 1. The fourth-order valence-electron chi connectivity index (χ4n) is 0.709. The molecule has 0 aromatic heterocycles. The van der Waals surface area contributed by atoms with Crippen LogP contribution in [-0.4, -0.2) is 11.4 Å². The van der Waals surface area contributed by atoms with Gasteiger partial charge in [-0.25, -0.2) is 0 Å². The SMILES string of the molecule is CSc1ccc(N=C=S)cc1. The van der Waals surface area contributed by atoms with E-state index in [2.05, 4.69) is 22.4 Å². The summed E-state index contributed by atoms with van der Waals surface area (Å²) in [5, 5.41) is 2.32. The molecule has 0 fully saturated rings. The molecule has 3 heteroatoms. The Morgan fingerprint density at radius 2 is 2.00 bits per heavy atom. The number of hydrogen-bond donors (Lipinski definition) is 0. The smallest absolute Gasteiger partial charge is 0.0740 e. The van der Waals surface area contributed by atoms with E-state index in [-0.39, 0.29) is 0 Å². The molecule has 0 heterocycles. The van der Waals surface area contributed by atoms with E-state index in [1.165, 1.54) is 4.90 Å². The zero-order valence-corrected chi connectivity index (χ0v) is 7.71. The molecule has 0 N–H and O–H groups in total. The highest BCUT2D eigenvalue weighted by molar-refractivity contribution is 7.98. The molecule has 0 aliphatic heterocycles. The lowest BCUT2D eigenvalue weighted by Crippen LogP contribution is -1.66.